The molecule has 0 atom stereocenters. The molecule has 0 amide bonds. The molecule has 2 nitrogen and oxygen atoms in total. The maximum Gasteiger partial charge on any atom is 0.122 e. The second-order valence-electron chi connectivity index (χ2n) is 7.07. The van der Waals surface area contributed by atoms with Gasteiger partial charge in [-0.05, 0) is 40.5 Å². The van der Waals surface area contributed by atoms with Gasteiger partial charge in [0.05, 0.1) is 0 Å². The first-order valence-corrected chi connectivity index (χ1v) is 6.64. The van der Waals surface area contributed by atoms with Crippen LogP contribution < -0.4 is 5.73 Å². The fraction of sp³-hybridized carbons (Fsp3) is 0.625. The zero-order valence-electron chi connectivity index (χ0n) is 12.6. The Kier molecular flexibility index (Phi) is 4.12. The van der Waals surface area contributed by atoms with Crippen molar-refractivity contribution in [3.8, 4) is 5.75 Å². The van der Waals surface area contributed by atoms with Crippen LogP contribution in [0, 0.1) is 0 Å². The van der Waals surface area contributed by atoms with Gasteiger partial charge in [0.2, 0.25) is 0 Å². The highest BCUT2D eigenvalue weighted by Crippen LogP contribution is 2.37. The van der Waals surface area contributed by atoms with Crippen molar-refractivity contribution >= 4 is 0 Å². The van der Waals surface area contributed by atoms with Crippen LogP contribution >= 0.6 is 0 Å². The van der Waals surface area contributed by atoms with Crippen molar-refractivity contribution in [2.75, 3.05) is 6.54 Å². The van der Waals surface area contributed by atoms with Crippen molar-refractivity contribution < 1.29 is 5.11 Å². The molecule has 0 aliphatic carbocycles. The molecule has 2 heteroatoms. The first kappa shape index (κ1) is 15.0. The van der Waals surface area contributed by atoms with Crippen LogP contribution in [0.15, 0.2) is 12.1 Å². The van der Waals surface area contributed by atoms with E-state index in [1.165, 1.54) is 5.56 Å². The van der Waals surface area contributed by atoms with Crippen LogP contribution in [0.3, 0.4) is 0 Å². The first-order valence-electron chi connectivity index (χ1n) is 6.64. The van der Waals surface area contributed by atoms with Gasteiger partial charge in [0, 0.05) is 0 Å². The van der Waals surface area contributed by atoms with E-state index in [4.69, 9.17) is 5.73 Å². The molecule has 0 aliphatic rings. The van der Waals surface area contributed by atoms with E-state index in [1.54, 1.807) is 0 Å². The summed E-state index contributed by atoms with van der Waals surface area (Å²) in [5.41, 5.74) is 8.89. The fourth-order valence-electron chi connectivity index (χ4n) is 2.05. The summed E-state index contributed by atoms with van der Waals surface area (Å²) in [5.74, 6) is 0.418. The summed E-state index contributed by atoms with van der Waals surface area (Å²) in [6.07, 6.45) is 0.721. The lowest BCUT2D eigenvalue weighted by molar-refractivity contribution is 0.438. The zero-order valence-corrected chi connectivity index (χ0v) is 12.6. The van der Waals surface area contributed by atoms with Crippen molar-refractivity contribution in [2.24, 2.45) is 5.73 Å². The maximum atomic E-state index is 10.4. The third kappa shape index (κ3) is 3.26. The largest absolute Gasteiger partial charge is 0.507 e. The Balaban J connectivity index is 3.47. The van der Waals surface area contributed by atoms with Gasteiger partial charge in [-0.25, -0.2) is 0 Å². The van der Waals surface area contributed by atoms with Gasteiger partial charge in [0.25, 0.3) is 0 Å². The molecule has 102 valence electrons. The van der Waals surface area contributed by atoms with Crippen LogP contribution in [0.2, 0.25) is 0 Å². The van der Waals surface area contributed by atoms with Gasteiger partial charge in [0.1, 0.15) is 5.75 Å². The van der Waals surface area contributed by atoms with Crippen LogP contribution in [0.4, 0.5) is 0 Å². The summed E-state index contributed by atoms with van der Waals surface area (Å²) >= 11 is 0. The molecule has 0 bridgehead atoms. The lowest BCUT2D eigenvalue weighted by Gasteiger charge is -2.27. The normalized spacial score (nSPS) is 12.8. The molecule has 0 saturated carbocycles. The quantitative estimate of drug-likeness (QED) is 0.843. The lowest BCUT2D eigenvalue weighted by Crippen LogP contribution is -2.18. The summed E-state index contributed by atoms with van der Waals surface area (Å²) in [7, 11) is 0. The van der Waals surface area contributed by atoms with E-state index in [0.717, 1.165) is 17.5 Å². The van der Waals surface area contributed by atoms with Gasteiger partial charge in [0.15, 0.2) is 0 Å². The molecular weight excluding hydrogens is 222 g/mol. The SMILES string of the molecule is CC(C)(C)c1cc(CCN)c(O)c(C(C)(C)C)c1. The summed E-state index contributed by atoms with van der Waals surface area (Å²) < 4.78 is 0. The molecule has 1 aromatic carbocycles. The predicted molar refractivity (Wildman–Crippen MR) is 78.3 cm³/mol. The number of phenols is 1. The number of rotatable bonds is 2. The Bertz CT molecular complexity index is 422. The lowest BCUT2D eigenvalue weighted by atomic mass is 9.78. The molecule has 1 aromatic rings. The minimum atomic E-state index is -0.0608. The highest BCUT2D eigenvalue weighted by Gasteiger charge is 2.24. The number of benzene rings is 1. The van der Waals surface area contributed by atoms with Gasteiger partial charge in [-0.15, -0.1) is 0 Å². The van der Waals surface area contributed by atoms with Gasteiger partial charge in [-0.2, -0.15) is 0 Å². The molecule has 0 aliphatic heterocycles. The molecule has 18 heavy (non-hydrogen) atoms. The molecule has 0 aromatic heterocycles. The fourth-order valence-corrected chi connectivity index (χ4v) is 2.05. The van der Waals surface area contributed by atoms with Crippen LogP contribution in [0.5, 0.6) is 5.75 Å². The third-order valence-electron chi connectivity index (χ3n) is 3.28. The minimum absolute atomic E-state index is 0.0608. The van der Waals surface area contributed by atoms with Crippen LogP contribution in [-0.4, -0.2) is 11.7 Å². The second kappa shape index (κ2) is 4.93. The highest BCUT2D eigenvalue weighted by atomic mass is 16.3. The molecule has 3 N–H and O–H groups in total. The second-order valence-corrected chi connectivity index (χ2v) is 7.07. The summed E-state index contributed by atoms with van der Waals surface area (Å²) in [4.78, 5) is 0. The van der Waals surface area contributed by atoms with E-state index in [9.17, 15) is 5.11 Å². The Morgan fingerprint density at radius 1 is 1.00 bits per heavy atom. The van der Waals surface area contributed by atoms with E-state index in [-0.39, 0.29) is 10.8 Å². The average molecular weight is 249 g/mol. The standard InChI is InChI=1S/C16H27NO/c1-15(2,3)12-9-11(7-8-17)14(18)13(10-12)16(4,5)6/h9-10,18H,7-8,17H2,1-6H3. The zero-order chi connectivity index (χ0) is 14.1. The molecule has 1 rings (SSSR count). The number of aromatic hydroxyl groups is 1. The van der Waals surface area contributed by atoms with Gasteiger partial charge in [-0.1, -0.05) is 53.7 Å². The molecule has 0 spiro atoms. The first-order chi connectivity index (χ1) is 8.07. The molecule has 0 radical (unpaired) electrons. The van der Waals surface area contributed by atoms with Gasteiger partial charge in [-0.3, -0.25) is 0 Å². The Morgan fingerprint density at radius 3 is 1.94 bits per heavy atom. The van der Waals surface area contributed by atoms with E-state index in [1.807, 2.05) is 0 Å². The predicted octanol–water partition coefficient (Wildman–Crippen LogP) is 3.49. The third-order valence-corrected chi connectivity index (χ3v) is 3.28. The Labute approximate surface area is 111 Å². The molecule has 0 heterocycles. The summed E-state index contributed by atoms with van der Waals surface area (Å²) in [6.45, 7) is 13.5. The number of hydrogen-bond donors (Lipinski definition) is 2. The smallest absolute Gasteiger partial charge is 0.122 e. The summed E-state index contributed by atoms with van der Waals surface area (Å²) in [6, 6.07) is 4.23. The monoisotopic (exact) mass is 249 g/mol. The average Bonchev–Trinajstić information content (AvgIpc) is 2.17. The van der Waals surface area contributed by atoms with E-state index in [2.05, 4.69) is 53.7 Å². The Morgan fingerprint density at radius 2 is 1.56 bits per heavy atom. The molecule has 0 saturated heterocycles. The van der Waals surface area contributed by atoms with Crippen LogP contribution in [0.25, 0.3) is 0 Å². The van der Waals surface area contributed by atoms with Crippen molar-refractivity contribution in [1.29, 1.82) is 0 Å². The Hall–Kier alpha value is -1.02. The van der Waals surface area contributed by atoms with E-state index in [0.29, 0.717) is 12.3 Å². The van der Waals surface area contributed by atoms with Crippen molar-refractivity contribution in [3.63, 3.8) is 0 Å². The topological polar surface area (TPSA) is 46.2 Å². The van der Waals surface area contributed by atoms with Crippen molar-refractivity contribution in [1.82, 2.24) is 0 Å². The van der Waals surface area contributed by atoms with Gasteiger partial charge < -0.3 is 10.8 Å². The number of phenolic OH excluding ortho intramolecular Hbond substituents is 1. The maximum absolute atomic E-state index is 10.4. The van der Waals surface area contributed by atoms with Crippen LogP contribution in [0.1, 0.15) is 58.2 Å². The minimum Gasteiger partial charge on any atom is -0.507 e. The van der Waals surface area contributed by atoms with Gasteiger partial charge >= 0.3 is 0 Å². The number of hydrogen-bond acceptors (Lipinski definition) is 2. The summed E-state index contributed by atoms with van der Waals surface area (Å²) in [5, 5.41) is 10.4. The van der Waals surface area contributed by atoms with E-state index < -0.39 is 0 Å². The molecular formula is C16H27NO. The van der Waals surface area contributed by atoms with Crippen molar-refractivity contribution in [3.05, 3.63) is 28.8 Å². The van der Waals surface area contributed by atoms with Crippen molar-refractivity contribution in [2.45, 2.75) is 58.8 Å². The molecule has 0 fully saturated rings. The molecule has 0 unspecified atom stereocenters. The number of nitrogens with two attached hydrogens (primary N) is 1. The van der Waals surface area contributed by atoms with Crippen LogP contribution in [-0.2, 0) is 17.3 Å². The highest BCUT2D eigenvalue weighted by molar-refractivity contribution is 5.48. The van der Waals surface area contributed by atoms with E-state index >= 15 is 0 Å².